The van der Waals surface area contributed by atoms with Crippen molar-refractivity contribution in [1.29, 1.82) is 0 Å². The van der Waals surface area contributed by atoms with Gasteiger partial charge in [-0.2, -0.15) is 0 Å². The molecule has 2 rings (SSSR count). The van der Waals surface area contributed by atoms with Gasteiger partial charge in [0.25, 0.3) is 0 Å². The SMILES string of the molecule is CCOC(=O)c1c(C)ccn1CC#Cc1ccccc1. The maximum Gasteiger partial charge on any atom is 0.355 e. The third-order valence-corrected chi connectivity index (χ3v) is 2.89. The molecule has 0 saturated heterocycles. The fourth-order valence-electron chi connectivity index (χ4n) is 1.94. The number of ether oxygens (including phenoxy) is 1. The first-order valence-electron chi connectivity index (χ1n) is 6.59. The molecule has 0 aliphatic heterocycles. The van der Waals surface area contributed by atoms with Gasteiger partial charge in [-0.25, -0.2) is 4.79 Å². The average molecular weight is 267 g/mol. The van der Waals surface area contributed by atoms with Crippen molar-refractivity contribution in [2.24, 2.45) is 0 Å². The second-order valence-corrected chi connectivity index (χ2v) is 4.36. The van der Waals surface area contributed by atoms with E-state index in [-0.39, 0.29) is 5.97 Å². The summed E-state index contributed by atoms with van der Waals surface area (Å²) in [5, 5.41) is 0. The molecular weight excluding hydrogens is 250 g/mol. The molecule has 2 aromatic rings. The lowest BCUT2D eigenvalue weighted by molar-refractivity contribution is 0.0514. The van der Waals surface area contributed by atoms with Crippen LogP contribution in [-0.2, 0) is 11.3 Å². The second kappa shape index (κ2) is 6.63. The Kier molecular flexibility index (Phi) is 4.62. The molecule has 0 spiro atoms. The van der Waals surface area contributed by atoms with Gasteiger partial charge in [-0.3, -0.25) is 0 Å². The molecule has 0 aliphatic carbocycles. The third kappa shape index (κ3) is 3.30. The normalized spacial score (nSPS) is 9.70. The van der Waals surface area contributed by atoms with Gasteiger partial charge in [0.15, 0.2) is 0 Å². The number of rotatable bonds is 3. The molecule has 0 aliphatic rings. The Morgan fingerprint density at radius 2 is 2.00 bits per heavy atom. The minimum absolute atomic E-state index is 0.295. The number of hydrogen-bond acceptors (Lipinski definition) is 2. The van der Waals surface area contributed by atoms with Crippen LogP contribution in [-0.4, -0.2) is 17.1 Å². The van der Waals surface area contributed by atoms with Crippen molar-refractivity contribution in [3.8, 4) is 11.8 Å². The summed E-state index contributed by atoms with van der Waals surface area (Å²) >= 11 is 0. The Bertz CT molecular complexity index is 645. The summed E-state index contributed by atoms with van der Waals surface area (Å²) < 4.78 is 6.89. The maximum absolute atomic E-state index is 11.9. The molecule has 0 atom stereocenters. The van der Waals surface area contributed by atoms with Crippen molar-refractivity contribution in [1.82, 2.24) is 4.57 Å². The zero-order valence-corrected chi connectivity index (χ0v) is 11.7. The molecule has 0 bridgehead atoms. The van der Waals surface area contributed by atoms with Crippen LogP contribution in [0.5, 0.6) is 0 Å². The Hall–Kier alpha value is -2.47. The summed E-state index contributed by atoms with van der Waals surface area (Å²) in [6.45, 7) is 4.54. The van der Waals surface area contributed by atoms with Crippen molar-refractivity contribution in [2.45, 2.75) is 20.4 Å². The van der Waals surface area contributed by atoms with E-state index in [0.29, 0.717) is 18.8 Å². The highest BCUT2D eigenvalue weighted by atomic mass is 16.5. The van der Waals surface area contributed by atoms with Gasteiger partial charge in [-0.1, -0.05) is 30.0 Å². The van der Waals surface area contributed by atoms with E-state index < -0.39 is 0 Å². The van der Waals surface area contributed by atoms with Gasteiger partial charge in [0.1, 0.15) is 5.69 Å². The van der Waals surface area contributed by atoms with Gasteiger partial charge in [-0.15, -0.1) is 0 Å². The average Bonchev–Trinajstić information content (AvgIpc) is 2.81. The van der Waals surface area contributed by atoms with E-state index >= 15 is 0 Å². The van der Waals surface area contributed by atoms with Crippen LogP contribution in [0.2, 0.25) is 0 Å². The van der Waals surface area contributed by atoms with E-state index in [2.05, 4.69) is 11.8 Å². The molecule has 102 valence electrons. The number of carbonyl (C=O) groups is 1. The number of benzene rings is 1. The van der Waals surface area contributed by atoms with Crippen LogP contribution < -0.4 is 0 Å². The van der Waals surface area contributed by atoms with Crippen LogP contribution in [0, 0.1) is 18.8 Å². The highest BCUT2D eigenvalue weighted by Crippen LogP contribution is 2.11. The number of aryl methyl sites for hydroxylation is 1. The fourth-order valence-corrected chi connectivity index (χ4v) is 1.94. The Morgan fingerprint density at radius 1 is 1.25 bits per heavy atom. The van der Waals surface area contributed by atoms with Crippen molar-refractivity contribution in [3.63, 3.8) is 0 Å². The summed E-state index contributed by atoms with van der Waals surface area (Å²) in [6.07, 6.45) is 1.86. The van der Waals surface area contributed by atoms with E-state index in [0.717, 1.165) is 11.1 Å². The predicted octanol–water partition coefficient (Wildman–Crippen LogP) is 3.02. The van der Waals surface area contributed by atoms with E-state index in [1.807, 2.05) is 54.1 Å². The van der Waals surface area contributed by atoms with Crippen molar-refractivity contribution in [2.75, 3.05) is 6.61 Å². The van der Waals surface area contributed by atoms with E-state index in [4.69, 9.17) is 4.74 Å². The van der Waals surface area contributed by atoms with E-state index in [1.54, 1.807) is 6.92 Å². The number of carbonyl (C=O) groups excluding carboxylic acids is 1. The molecule has 0 amide bonds. The lowest BCUT2D eigenvalue weighted by Crippen LogP contribution is -2.12. The largest absolute Gasteiger partial charge is 0.461 e. The van der Waals surface area contributed by atoms with E-state index in [9.17, 15) is 4.79 Å². The van der Waals surface area contributed by atoms with Crippen molar-refractivity contribution >= 4 is 5.97 Å². The molecule has 1 aromatic heterocycles. The molecule has 1 heterocycles. The zero-order valence-electron chi connectivity index (χ0n) is 11.7. The van der Waals surface area contributed by atoms with Gasteiger partial charge in [-0.05, 0) is 37.6 Å². The summed E-state index contributed by atoms with van der Waals surface area (Å²) in [5.41, 5.74) is 2.45. The molecule has 0 unspecified atom stereocenters. The summed E-state index contributed by atoms with van der Waals surface area (Å²) in [7, 11) is 0. The van der Waals surface area contributed by atoms with Crippen LogP contribution in [0.15, 0.2) is 42.6 Å². The van der Waals surface area contributed by atoms with E-state index in [1.165, 1.54) is 0 Å². The summed E-state index contributed by atoms with van der Waals surface area (Å²) in [6, 6.07) is 11.7. The second-order valence-electron chi connectivity index (χ2n) is 4.36. The quantitative estimate of drug-likeness (QED) is 0.632. The lowest BCUT2D eigenvalue weighted by Gasteiger charge is -2.06. The summed E-state index contributed by atoms with van der Waals surface area (Å²) in [5.74, 6) is 5.86. The van der Waals surface area contributed by atoms with Gasteiger partial charge >= 0.3 is 5.97 Å². The first-order valence-corrected chi connectivity index (χ1v) is 6.59. The molecular formula is C17H17NO2. The number of hydrogen-bond donors (Lipinski definition) is 0. The monoisotopic (exact) mass is 267 g/mol. The van der Waals surface area contributed by atoms with Gasteiger partial charge in [0.05, 0.1) is 13.2 Å². The van der Waals surface area contributed by atoms with Crippen LogP contribution in [0.25, 0.3) is 0 Å². The van der Waals surface area contributed by atoms with Gasteiger partial charge < -0.3 is 9.30 Å². The predicted molar refractivity (Wildman–Crippen MR) is 78.4 cm³/mol. The Morgan fingerprint density at radius 3 is 2.70 bits per heavy atom. The molecule has 3 nitrogen and oxygen atoms in total. The number of nitrogens with zero attached hydrogens (tertiary/aromatic N) is 1. The van der Waals surface area contributed by atoms with Crippen molar-refractivity contribution in [3.05, 3.63) is 59.4 Å². The molecule has 0 N–H and O–H groups in total. The van der Waals surface area contributed by atoms with Crippen LogP contribution in [0.4, 0.5) is 0 Å². The maximum atomic E-state index is 11.9. The minimum atomic E-state index is -0.295. The first kappa shape index (κ1) is 14.0. The smallest absolute Gasteiger partial charge is 0.355 e. The van der Waals surface area contributed by atoms with Crippen LogP contribution >= 0.6 is 0 Å². The lowest BCUT2D eigenvalue weighted by atomic mass is 10.2. The molecule has 0 saturated carbocycles. The molecule has 20 heavy (non-hydrogen) atoms. The fraction of sp³-hybridized carbons (Fsp3) is 0.235. The summed E-state index contributed by atoms with van der Waals surface area (Å²) in [4.78, 5) is 11.9. The van der Waals surface area contributed by atoms with Crippen LogP contribution in [0.3, 0.4) is 0 Å². The third-order valence-electron chi connectivity index (χ3n) is 2.89. The van der Waals surface area contributed by atoms with Gasteiger partial charge in [0, 0.05) is 11.8 Å². The minimum Gasteiger partial charge on any atom is -0.461 e. The van der Waals surface area contributed by atoms with Gasteiger partial charge in [0.2, 0.25) is 0 Å². The Balaban J connectivity index is 2.15. The molecule has 3 heteroatoms. The molecule has 0 fully saturated rings. The first-order chi connectivity index (χ1) is 9.72. The zero-order chi connectivity index (χ0) is 14.4. The van der Waals surface area contributed by atoms with Crippen molar-refractivity contribution < 1.29 is 9.53 Å². The van der Waals surface area contributed by atoms with Crippen LogP contribution in [0.1, 0.15) is 28.5 Å². The topological polar surface area (TPSA) is 31.2 Å². The number of esters is 1. The number of aromatic nitrogens is 1. The standard InChI is InChI=1S/C17H17NO2/c1-3-20-17(19)16-14(2)11-13-18(16)12-7-10-15-8-5-4-6-9-15/h4-6,8-9,11,13H,3,12H2,1-2H3. The highest BCUT2D eigenvalue weighted by molar-refractivity contribution is 5.89. The highest BCUT2D eigenvalue weighted by Gasteiger charge is 2.14. The molecule has 0 radical (unpaired) electrons. The molecule has 1 aromatic carbocycles. The Labute approximate surface area is 119 Å².